The van der Waals surface area contributed by atoms with Crippen LogP contribution in [0.5, 0.6) is 0 Å². The quantitative estimate of drug-likeness (QED) is 0.435. The lowest BCUT2D eigenvalue weighted by atomic mass is 9.98. The van der Waals surface area contributed by atoms with Crippen molar-refractivity contribution in [3.8, 4) is 0 Å². The summed E-state index contributed by atoms with van der Waals surface area (Å²) < 4.78 is 0. The topological polar surface area (TPSA) is 0 Å². The summed E-state index contributed by atoms with van der Waals surface area (Å²) in [7, 11) is -1.39. The van der Waals surface area contributed by atoms with E-state index in [0.717, 1.165) is 0 Å². The van der Waals surface area contributed by atoms with Gasteiger partial charge in [0.15, 0.2) is 0 Å². The van der Waals surface area contributed by atoms with Crippen molar-refractivity contribution in [1.29, 1.82) is 0 Å². The second-order valence-corrected chi connectivity index (χ2v) is 11.3. The molecule has 0 spiro atoms. The molecule has 0 aliphatic heterocycles. The number of aryl methyl sites for hydroxylation is 1. The molecular weight excluding hydrogens is 244 g/mol. The second-order valence-electron chi connectivity index (χ2n) is 6.34. The molecule has 0 aliphatic carbocycles. The Labute approximate surface area is 116 Å². The van der Waals surface area contributed by atoms with E-state index in [-0.39, 0.29) is 0 Å². The maximum atomic E-state index is 2.44. The smallest absolute Gasteiger partial charge is 0.0656 e. The normalized spacial score (nSPS) is 12.2. The molecular formula is C18H20Si. The van der Waals surface area contributed by atoms with E-state index in [1.165, 1.54) is 27.1 Å². The minimum atomic E-state index is -1.39. The van der Waals surface area contributed by atoms with E-state index >= 15 is 0 Å². The van der Waals surface area contributed by atoms with Gasteiger partial charge >= 0.3 is 0 Å². The first kappa shape index (κ1) is 12.4. The number of benzene rings is 3. The average molecular weight is 264 g/mol. The van der Waals surface area contributed by atoms with Crippen LogP contribution in [0, 0.1) is 6.92 Å². The maximum Gasteiger partial charge on any atom is 0.0792 e. The molecule has 0 saturated carbocycles. The standard InChI is InChI=1S/C18H20Si/c1-13-14-9-5-7-11-16(14)18(19(2,3)4)17-12-8-6-10-15(13)17/h5-12H,1-4H3. The summed E-state index contributed by atoms with van der Waals surface area (Å²) in [5.41, 5.74) is 1.41. The van der Waals surface area contributed by atoms with Gasteiger partial charge in [0.1, 0.15) is 0 Å². The summed E-state index contributed by atoms with van der Waals surface area (Å²) in [5.74, 6) is 0. The van der Waals surface area contributed by atoms with Gasteiger partial charge in [-0.3, -0.25) is 0 Å². The van der Waals surface area contributed by atoms with Crippen molar-refractivity contribution >= 4 is 34.8 Å². The summed E-state index contributed by atoms with van der Waals surface area (Å²) in [6, 6.07) is 17.8. The number of fused-ring (bicyclic) bond motifs is 2. The second kappa shape index (κ2) is 4.21. The first-order valence-electron chi connectivity index (χ1n) is 6.90. The molecule has 0 bridgehead atoms. The van der Waals surface area contributed by atoms with Gasteiger partial charge in [0, 0.05) is 0 Å². The zero-order valence-electron chi connectivity index (χ0n) is 12.1. The van der Waals surface area contributed by atoms with Gasteiger partial charge in [-0.25, -0.2) is 0 Å². The van der Waals surface area contributed by atoms with Crippen LogP contribution in [0.15, 0.2) is 48.5 Å². The molecule has 0 N–H and O–H groups in total. The summed E-state index contributed by atoms with van der Waals surface area (Å²) in [6.45, 7) is 9.57. The zero-order valence-corrected chi connectivity index (χ0v) is 13.1. The van der Waals surface area contributed by atoms with Crippen LogP contribution in [0.1, 0.15) is 5.56 Å². The third-order valence-corrected chi connectivity index (χ3v) is 5.99. The Morgan fingerprint density at radius 2 is 1.00 bits per heavy atom. The predicted molar refractivity (Wildman–Crippen MR) is 89.2 cm³/mol. The molecule has 0 amide bonds. The fourth-order valence-corrected chi connectivity index (χ4v) is 5.21. The van der Waals surface area contributed by atoms with Gasteiger partial charge in [-0.1, -0.05) is 68.2 Å². The van der Waals surface area contributed by atoms with E-state index in [2.05, 4.69) is 75.1 Å². The van der Waals surface area contributed by atoms with Gasteiger partial charge in [-0.05, 0) is 39.2 Å². The highest BCUT2D eigenvalue weighted by Gasteiger charge is 2.23. The van der Waals surface area contributed by atoms with Crippen molar-refractivity contribution in [3.05, 3.63) is 54.1 Å². The Bertz CT molecular complexity index is 707. The van der Waals surface area contributed by atoms with E-state index in [0.29, 0.717) is 0 Å². The van der Waals surface area contributed by atoms with Gasteiger partial charge in [0.05, 0.1) is 8.07 Å². The molecule has 0 radical (unpaired) electrons. The molecule has 0 unspecified atom stereocenters. The number of rotatable bonds is 1. The summed E-state index contributed by atoms with van der Waals surface area (Å²) in [6.07, 6.45) is 0. The van der Waals surface area contributed by atoms with Crippen LogP contribution >= 0.6 is 0 Å². The Morgan fingerprint density at radius 1 is 0.632 bits per heavy atom. The molecule has 0 heterocycles. The third-order valence-electron chi connectivity index (χ3n) is 3.95. The first-order chi connectivity index (χ1) is 9.00. The molecule has 96 valence electrons. The lowest BCUT2D eigenvalue weighted by Gasteiger charge is -2.23. The van der Waals surface area contributed by atoms with E-state index < -0.39 is 8.07 Å². The lowest BCUT2D eigenvalue weighted by Crippen LogP contribution is -2.38. The van der Waals surface area contributed by atoms with Crippen molar-refractivity contribution in [2.24, 2.45) is 0 Å². The van der Waals surface area contributed by atoms with Crippen molar-refractivity contribution in [3.63, 3.8) is 0 Å². The highest BCUT2D eigenvalue weighted by Crippen LogP contribution is 2.28. The molecule has 3 aromatic rings. The largest absolute Gasteiger partial charge is 0.0792 e. The minimum absolute atomic E-state index is 1.39. The third kappa shape index (κ3) is 1.89. The SMILES string of the molecule is Cc1c2ccccc2c([Si](C)(C)C)c2ccccc12. The van der Waals surface area contributed by atoms with Crippen molar-refractivity contribution in [2.45, 2.75) is 26.6 Å². The van der Waals surface area contributed by atoms with Gasteiger partial charge in [-0.15, -0.1) is 0 Å². The molecule has 0 fully saturated rings. The van der Waals surface area contributed by atoms with Gasteiger partial charge in [0.25, 0.3) is 0 Å². The van der Waals surface area contributed by atoms with Gasteiger partial charge < -0.3 is 0 Å². The molecule has 0 saturated heterocycles. The Hall–Kier alpha value is -1.60. The molecule has 0 nitrogen and oxygen atoms in total. The summed E-state index contributed by atoms with van der Waals surface area (Å²) in [4.78, 5) is 0. The summed E-state index contributed by atoms with van der Waals surface area (Å²) in [5, 5.41) is 7.34. The molecule has 0 aliphatic rings. The Balaban J connectivity index is 2.65. The Kier molecular flexibility index (Phi) is 2.75. The van der Waals surface area contributed by atoms with Crippen LogP contribution in [0.3, 0.4) is 0 Å². The van der Waals surface area contributed by atoms with Crippen LogP contribution in [0.4, 0.5) is 0 Å². The van der Waals surface area contributed by atoms with Crippen LogP contribution in [0.2, 0.25) is 19.6 Å². The van der Waals surface area contributed by atoms with E-state index in [1.54, 1.807) is 5.19 Å². The van der Waals surface area contributed by atoms with Crippen LogP contribution in [-0.2, 0) is 0 Å². The van der Waals surface area contributed by atoms with Crippen LogP contribution in [-0.4, -0.2) is 8.07 Å². The number of hydrogen-bond donors (Lipinski definition) is 0. The monoisotopic (exact) mass is 264 g/mol. The van der Waals surface area contributed by atoms with Crippen LogP contribution in [0.25, 0.3) is 21.5 Å². The zero-order chi connectivity index (χ0) is 13.6. The predicted octanol–water partition coefficient (Wildman–Crippen LogP) is 4.85. The van der Waals surface area contributed by atoms with Gasteiger partial charge in [0.2, 0.25) is 0 Å². The van der Waals surface area contributed by atoms with E-state index in [9.17, 15) is 0 Å². The molecule has 3 rings (SSSR count). The summed E-state index contributed by atoms with van der Waals surface area (Å²) >= 11 is 0. The van der Waals surface area contributed by atoms with Gasteiger partial charge in [-0.2, -0.15) is 0 Å². The highest BCUT2D eigenvalue weighted by atomic mass is 28.3. The van der Waals surface area contributed by atoms with Crippen molar-refractivity contribution in [1.82, 2.24) is 0 Å². The lowest BCUT2D eigenvalue weighted by molar-refractivity contribution is 1.58. The molecule has 19 heavy (non-hydrogen) atoms. The van der Waals surface area contributed by atoms with Crippen molar-refractivity contribution in [2.75, 3.05) is 0 Å². The Morgan fingerprint density at radius 3 is 1.37 bits per heavy atom. The van der Waals surface area contributed by atoms with E-state index in [1.807, 2.05) is 0 Å². The first-order valence-corrected chi connectivity index (χ1v) is 10.4. The number of hydrogen-bond acceptors (Lipinski definition) is 0. The molecule has 0 aromatic heterocycles. The van der Waals surface area contributed by atoms with E-state index in [4.69, 9.17) is 0 Å². The highest BCUT2D eigenvalue weighted by molar-refractivity contribution is 6.92. The average Bonchev–Trinajstić information content (AvgIpc) is 2.38. The fourth-order valence-electron chi connectivity index (χ4n) is 3.15. The van der Waals surface area contributed by atoms with Crippen LogP contribution < -0.4 is 5.19 Å². The van der Waals surface area contributed by atoms with Crippen molar-refractivity contribution < 1.29 is 0 Å². The molecule has 0 atom stereocenters. The minimum Gasteiger partial charge on any atom is -0.0656 e. The molecule has 3 aromatic carbocycles. The molecule has 1 heteroatoms. The maximum absolute atomic E-state index is 2.44. The fraction of sp³-hybridized carbons (Fsp3) is 0.222.